The van der Waals surface area contributed by atoms with E-state index in [-0.39, 0.29) is 6.09 Å². The second-order valence-corrected chi connectivity index (χ2v) is 10.2. The lowest BCUT2D eigenvalue weighted by molar-refractivity contribution is 0.144. The highest BCUT2D eigenvalue weighted by molar-refractivity contribution is 6.79. The van der Waals surface area contributed by atoms with E-state index in [9.17, 15) is 4.79 Å². The van der Waals surface area contributed by atoms with Crippen LogP contribution in [0.1, 0.15) is 6.92 Å². The molecule has 0 saturated carbocycles. The van der Waals surface area contributed by atoms with Gasteiger partial charge in [-0.2, -0.15) is 0 Å². The van der Waals surface area contributed by atoms with Gasteiger partial charge in [0.15, 0.2) is 0 Å². The van der Waals surface area contributed by atoms with Gasteiger partial charge in [0.05, 0.1) is 6.61 Å². The van der Waals surface area contributed by atoms with E-state index < -0.39 is 8.24 Å². The third kappa shape index (κ3) is 3.57. The van der Waals surface area contributed by atoms with Gasteiger partial charge in [-0.25, -0.2) is 4.79 Å². The molecule has 0 aromatic rings. The minimum Gasteiger partial charge on any atom is -0.451 e. The summed E-state index contributed by atoms with van der Waals surface area (Å²) in [5.74, 6) is 0. The Kier molecular flexibility index (Phi) is 3.81. The number of carbonyl (C=O) groups is 1. The standard InChI is InChI=1S/C6H17NO2Si2/c1-5-9-6(8)7(10)11(2,3)4/h5H2,1-4,10H3. The summed E-state index contributed by atoms with van der Waals surface area (Å²) in [6, 6.07) is 0. The number of hydrogen-bond acceptors (Lipinski definition) is 2. The number of amides is 1. The van der Waals surface area contributed by atoms with Crippen LogP contribution in [0.3, 0.4) is 0 Å². The van der Waals surface area contributed by atoms with Crippen LogP contribution in [-0.2, 0) is 4.74 Å². The molecule has 0 aromatic heterocycles. The van der Waals surface area contributed by atoms with Crippen LogP contribution in [0.15, 0.2) is 0 Å². The van der Waals surface area contributed by atoms with Crippen molar-refractivity contribution in [3.05, 3.63) is 0 Å². The summed E-state index contributed by atoms with van der Waals surface area (Å²) in [4.78, 5) is 11.2. The van der Waals surface area contributed by atoms with E-state index in [1.165, 1.54) is 0 Å². The molecule has 0 heterocycles. The SMILES string of the molecule is CCOC(=O)N([SiH3])[Si](C)(C)C. The van der Waals surface area contributed by atoms with Crippen LogP contribution in [-0.4, -0.2) is 35.6 Å². The van der Waals surface area contributed by atoms with Gasteiger partial charge < -0.3 is 8.97 Å². The molecule has 0 unspecified atom stereocenters. The van der Waals surface area contributed by atoms with Crippen LogP contribution < -0.4 is 0 Å². The summed E-state index contributed by atoms with van der Waals surface area (Å²) in [7, 11) is -0.674. The Hall–Kier alpha value is -0.296. The van der Waals surface area contributed by atoms with E-state index in [4.69, 9.17) is 4.74 Å². The molecule has 0 rings (SSSR count). The highest BCUT2D eigenvalue weighted by atomic mass is 28.4. The van der Waals surface area contributed by atoms with Crippen LogP contribution in [0, 0.1) is 0 Å². The predicted octanol–water partition coefficient (Wildman–Crippen LogP) is 0.560. The average molecular weight is 191 g/mol. The Bertz CT molecular complexity index is 144. The maximum absolute atomic E-state index is 11.2. The first-order chi connectivity index (χ1) is 4.89. The zero-order valence-corrected chi connectivity index (χ0v) is 11.0. The summed E-state index contributed by atoms with van der Waals surface area (Å²) in [6.07, 6.45) is -0.140. The minimum atomic E-state index is -1.44. The molecule has 0 spiro atoms. The predicted molar refractivity (Wildman–Crippen MR) is 52.1 cm³/mol. The van der Waals surface area contributed by atoms with Gasteiger partial charge in [-0.1, -0.05) is 19.6 Å². The monoisotopic (exact) mass is 191 g/mol. The zero-order chi connectivity index (χ0) is 9.07. The van der Waals surface area contributed by atoms with Gasteiger partial charge in [0.25, 0.3) is 0 Å². The van der Waals surface area contributed by atoms with E-state index in [1.807, 2.05) is 11.2 Å². The van der Waals surface area contributed by atoms with Crippen molar-refractivity contribution in [1.82, 2.24) is 4.23 Å². The van der Waals surface area contributed by atoms with E-state index in [0.717, 1.165) is 10.4 Å². The molecule has 0 aromatic carbocycles. The lowest BCUT2D eigenvalue weighted by Crippen LogP contribution is -2.48. The van der Waals surface area contributed by atoms with Gasteiger partial charge in [-0.3, -0.25) is 0 Å². The molecule has 66 valence electrons. The Morgan fingerprint density at radius 2 is 2.00 bits per heavy atom. The van der Waals surface area contributed by atoms with Crippen molar-refractivity contribution < 1.29 is 9.53 Å². The minimum absolute atomic E-state index is 0.140. The van der Waals surface area contributed by atoms with Gasteiger partial charge in [0.1, 0.15) is 18.6 Å². The van der Waals surface area contributed by atoms with Crippen LogP contribution in [0.2, 0.25) is 19.6 Å². The van der Waals surface area contributed by atoms with Crippen molar-refractivity contribution >= 4 is 24.7 Å². The molecule has 11 heavy (non-hydrogen) atoms. The molecule has 0 N–H and O–H groups in total. The number of nitrogens with zero attached hydrogens (tertiary/aromatic N) is 1. The molecule has 0 aliphatic rings. The quantitative estimate of drug-likeness (QED) is 0.597. The largest absolute Gasteiger partial charge is 0.451 e. The highest BCUT2D eigenvalue weighted by Crippen LogP contribution is 2.06. The Labute approximate surface area is 72.3 Å². The van der Waals surface area contributed by atoms with Crippen LogP contribution >= 0.6 is 0 Å². The molecule has 0 radical (unpaired) electrons. The van der Waals surface area contributed by atoms with E-state index in [0.29, 0.717) is 6.61 Å². The van der Waals surface area contributed by atoms with E-state index in [2.05, 4.69) is 19.6 Å². The molecule has 0 saturated heterocycles. The topological polar surface area (TPSA) is 29.5 Å². The lowest BCUT2D eigenvalue weighted by Gasteiger charge is -2.29. The van der Waals surface area contributed by atoms with Crippen molar-refractivity contribution in [3.63, 3.8) is 0 Å². The highest BCUT2D eigenvalue weighted by Gasteiger charge is 2.24. The fraction of sp³-hybridized carbons (Fsp3) is 0.833. The zero-order valence-electron chi connectivity index (χ0n) is 7.97. The van der Waals surface area contributed by atoms with Gasteiger partial charge in [0.2, 0.25) is 0 Å². The number of hydrogen-bond donors (Lipinski definition) is 0. The molecule has 1 amide bonds. The molecule has 0 fully saturated rings. The van der Waals surface area contributed by atoms with Crippen LogP contribution in [0.4, 0.5) is 4.79 Å². The van der Waals surface area contributed by atoms with Gasteiger partial charge >= 0.3 is 6.09 Å². The van der Waals surface area contributed by atoms with Crippen molar-refractivity contribution in [2.75, 3.05) is 6.61 Å². The van der Waals surface area contributed by atoms with Crippen molar-refractivity contribution in [2.45, 2.75) is 26.6 Å². The molecule has 0 aliphatic heterocycles. The first kappa shape index (κ1) is 10.7. The normalized spacial score (nSPS) is 11.3. The Balaban J connectivity index is 4.03. The smallest absolute Gasteiger partial charge is 0.392 e. The second kappa shape index (κ2) is 3.91. The first-order valence-corrected chi connectivity index (χ1v) is 8.14. The molecule has 0 bridgehead atoms. The first-order valence-electron chi connectivity index (χ1n) is 3.80. The maximum atomic E-state index is 11.2. The lowest BCUT2D eigenvalue weighted by atomic mass is 10.9. The molecule has 5 heteroatoms. The van der Waals surface area contributed by atoms with Crippen LogP contribution in [0.5, 0.6) is 0 Å². The molecular formula is C6H17NO2Si2. The summed E-state index contributed by atoms with van der Waals surface area (Å²) >= 11 is 0. The van der Waals surface area contributed by atoms with E-state index >= 15 is 0 Å². The summed E-state index contributed by atoms with van der Waals surface area (Å²) in [6.45, 7) is 8.71. The third-order valence-electron chi connectivity index (χ3n) is 1.55. The molecule has 3 nitrogen and oxygen atoms in total. The Morgan fingerprint density at radius 3 is 2.27 bits per heavy atom. The molecule has 0 aliphatic carbocycles. The van der Waals surface area contributed by atoms with Crippen molar-refractivity contribution in [1.29, 1.82) is 0 Å². The second-order valence-electron chi connectivity index (χ2n) is 3.43. The number of carbonyl (C=O) groups excluding carboxylic acids is 1. The summed E-state index contributed by atoms with van der Waals surface area (Å²) in [5.41, 5.74) is 0. The van der Waals surface area contributed by atoms with Gasteiger partial charge in [-0.05, 0) is 6.92 Å². The average Bonchev–Trinajstić information content (AvgIpc) is 1.85. The Morgan fingerprint density at radius 1 is 1.55 bits per heavy atom. The summed E-state index contributed by atoms with van der Waals surface area (Å²) < 4.78 is 6.74. The number of ether oxygens (including phenoxy) is 1. The van der Waals surface area contributed by atoms with Crippen molar-refractivity contribution in [2.24, 2.45) is 0 Å². The fourth-order valence-electron chi connectivity index (χ4n) is 0.494. The van der Waals surface area contributed by atoms with E-state index in [1.54, 1.807) is 0 Å². The maximum Gasteiger partial charge on any atom is 0.392 e. The van der Waals surface area contributed by atoms with Gasteiger partial charge in [0, 0.05) is 0 Å². The molecule has 0 atom stereocenters. The molecular weight excluding hydrogens is 174 g/mol. The van der Waals surface area contributed by atoms with Crippen LogP contribution in [0.25, 0.3) is 0 Å². The van der Waals surface area contributed by atoms with Crippen molar-refractivity contribution in [3.8, 4) is 0 Å². The van der Waals surface area contributed by atoms with Gasteiger partial charge in [-0.15, -0.1) is 0 Å². The third-order valence-corrected chi connectivity index (χ3v) is 8.13. The number of rotatable bonds is 2. The fourth-order valence-corrected chi connectivity index (χ4v) is 1.24. The summed E-state index contributed by atoms with van der Waals surface area (Å²) in [5, 5.41) is 0.